The van der Waals surface area contributed by atoms with Gasteiger partial charge in [-0.05, 0) is 30.5 Å². The SMILES string of the molecule is CC(=O)c1ccc2c(c1)CC(=O)NCC2. The lowest BCUT2D eigenvalue weighted by Gasteiger charge is -2.05. The summed E-state index contributed by atoms with van der Waals surface area (Å²) in [6.07, 6.45) is 1.23. The van der Waals surface area contributed by atoms with Gasteiger partial charge in [-0.2, -0.15) is 0 Å². The molecule has 0 spiro atoms. The maximum absolute atomic E-state index is 11.3. The van der Waals surface area contributed by atoms with Crippen LogP contribution in [-0.4, -0.2) is 18.2 Å². The zero-order chi connectivity index (χ0) is 10.8. The molecular weight excluding hydrogens is 190 g/mol. The van der Waals surface area contributed by atoms with Crippen LogP contribution in [0.5, 0.6) is 0 Å². The van der Waals surface area contributed by atoms with Crippen molar-refractivity contribution < 1.29 is 9.59 Å². The minimum atomic E-state index is 0.0365. The van der Waals surface area contributed by atoms with Crippen molar-refractivity contribution in [1.82, 2.24) is 5.32 Å². The largest absolute Gasteiger partial charge is 0.355 e. The Morgan fingerprint density at radius 2 is 2.13 bits per heavy atom. The Morgan fingerprint density at radius 3 is 2.87 bits per heavy atom. The summed E-state index contributed by atoms with van der Waals surface area (Å²) < 4.78 is 0. The summed E-state index contributed by atoms with van der Waals surface area (Å²) >= 11 is 0. The number of carbonyl (C=O) groups is 2. The minimum Gasteiger partial charge on any atom is -0.355 e. The Kier molecular flexibility index (Phi) is 2.54. The maximum Gasteiger partial charge on any atom is 0.224 e. The molecule has 0 bridgehead atoms. The number of carbonyl (C=O) groups excluding carboxylic acids is 2. The van der Waals surface area contributed by atoms with Crippen LogP contribution in [0.15, 0.2) is 18.2 Å². The third-order valence-corrected chi connectivity index (χ3v) is 2.68. The molecule has 15 heavy (non-hydrogen) atoms. The Balaban J connectivity index is 2.41. The van der Waals surface area contributed by atoms with Crippen LogP contribution in [0, 0.1) is 0 Å². The van der Waals surface area contributed by atoms with E-state index in [4.69, 9.17) is 0 Å². The number of benzene rings is 1. The van der Waals surface area contributed by atoms with Gasteiger partial charge in [0.2, 0.25) is 5.91 Å². The van der Waals surface area contributed by atoms with Gasteiger partial charge in [0.05, 0.1) is 6.42 Å². The van der Waals surface area contributed by atoms with E-state index < -0.39 is 0 Å². The van der Waals surface area contributed by atoms with Crippen molar-refractivity contribution in [3.8, 4) is 0 Å². The molecule has 0 atom stereocenters. The quantitative estimate of drug-likeness (QED) is 0.695. The van der Waals surface area contributed by atoms with Crippen LogP contribution in [0.1, 0.15) is 28.4 Å². The predicted molar refractivity (Wildman–Crippen MR) is 56.9 cm³/mol. The van der Waals surface area contributed by atoms with Gasteiger partial charge in [0.1, 0.15) is 0 Å². The van der Waals surface area contributed by atoms with Gasteiger partial charge in [-0.1, -0.05) is 12.1 Å². The molecule has 0 fully saturated rings. The van der Waals surface area contributed by atoms with Crippen molar-refractivity contribution in [2.45, 2.75) is 19.8 Å². The first-order valence-corrected chi connectivity index (χ1v) is 5.06. The number of rotatable bonds is 1. The number of hydrogen-bond acceptors (Lipinski definition) is 2. The van der Waals surface area contributed by atoms with Crippen molar-refractivity contribution in [3.63, 3.8) is 0 Å². The second-order valence-electron chi connectivity index (χ2n) is 3.82. The van der Waals surface area contributed by atoms with Crippen LogP contribution in [0.25, 0.3) is 0 Å². The smallest absolute Gasteiger partial charge is 0.224 e. The van der Waals surface area contributed by atoms with Crippen molar-refractivity contribution in [1.29, 1.82) is 0 Å². The summed E-state index contributed by atoms with van der Waals surface area (Å²) in [6, 6.07) is 5.62. The molecule has 3 heteroatoms. The standard InChI is InChI=1S/C12H13NO2/c1-8(14)10-3-2-9-4-5-13-12(15)7-11(9)6-10/h2-3,6H,4-5,7H2,1H3,(H,13,15). The van der Waals surface area contributed by atoms with E-state index in [1.54, 1.807) is 6.92 Å². The molecule has 0 aliphatic carbocycles. The minimum absolute atomic E-state index is 0.0365. The fourth-order valence-corrected chi connectivity index (χ4v) is 1.83. The van der Waals surface area contributed by atoms with E-state index in [1.807, 2.05) is 18.2 Å². The summed E-state index contributed by atoms with van der Waals surface area (Å²) in [6.45, 7) is 2.23. The molecule has 0 saturated carbocycles. The molecule has 1 aliphatic heterocycles. The molecule has 1 N–H and O–H groups in total. The molecule has 1 heterocycles. The summed E-state index contributed by atoms with van der Waals surface area (Å²) in [4.78, 5) is 22.5. The van der Waals surface area contributed by atoms with Crippen LogP contribution in [-0.2, 0) is 17.6 Å². The molecule has 3 nitrogen and oxygen atoms in total. The number of Topliss-reactive ketones (excluding diaryl/α,β-unsaturated/α-hetero) is 1. The lowest BCUT2D eigenvalue weighted by atomic mass is 9.99. The van der Waals surface area contributed by atoms with Gasteiger partial charge < -0.3 is 5.32 Å². The maximum atomic E-state index is 11.3. The highest BCUT2D eigenvalue weighted by molar-refractivity contribution is 5.94. The summed E-state index contributed by atoms with van der Waals surface area (Å²) in [5.41, 5.74) is 2.83. The van der Waals surface area contributed by atoms with E-state index in [1.165, 1.54) is 5.56 Å². The van der Waals surface area contributed by atoms with Crippen molar-refractivity contribution in [3.05, 3.63) is 34.9 Å². The van der Waals surface area contributed by atoms with Gasteiger partial charge in [-0.15, -0.1) is 0 Å². The van der Waals surface area contributed by atoms with E-state index in [9.17, 15) is 9.59 Å². The van der Waals surface area contributed by atoms with E-state index in [-0.39, 0.29) is 11.7 Å². The van der Waals surface area contributed by atoms with E-state index in [0.717, 1.165) is 12.0 Å². The third kappa shape index (κ3) is 2.06. The van der Waals surface area contributed by atoms with Crippen LogP contribution in [0.4, 0.5) is 0 Å². The first kappa shape index (κ1) is 9.90. The second-order valence-corrected chi connectivity index (χ2v) is 3.82. The molecule has 0 saturated heterocycles. The van der Waals surface area contributed by atoms with Gasteiger partial charge in [0.25, 0.3) is 0 Å². The Hall–Kier alpha value is -1.64. The van der Waals surface area contributed by atoms with Crippen molar-refractivity contribution in [2.75, 3.05) is 6.54 Å². The van der Waals surface area contributed by atoms with Crippen LogP contribution in [0.3, 0.4) is 0 Å². The Bertz CT molecular complexity index is 424. The Labute approximate surface area is 88.5 Å². The highest BCUT2D eigenvalue weighted by Gasteiger charge is 2.13. The number of ketones is 1. The van der Waals surface area contributed by atoms with E-state index in [0.29, 0.717) is 18.5 Å². The summed E-state index contributed by atoms with van der Waals surface area (Å²) in [5.74, 6) is 0.0805. The fraction of sp³-hybridized carbons (Fsp3) is 0.333. The van der Waals surface area contributed by atoms with E-state index in [2.05, 4.69) is 5.32 Å². The molecule has 2 rings (SSSR count). The van der Waals surface area contributed by atoms with Crippen LogP contribution in [0.2, 0.25) is 0 Å². The fourth-order valence-electron chi connectivity index (χ4n) is 1.83. The van der Waals surface area contributed by atoms with Gasteiger partial charge >= 0.3 is 0 Å². The number of amides is 1. The molecule has 1 aromatic carbocycles. The van der Waals surface area contributed by atoms with Gasteiger partial charge in [0, 0.05) is 12.1 Å². The monoisotopic (exact) mass is 203 g/mol. The summed E-state index contributed by atoms with van der Waals surface area (Å²) in [5, 5.41) is 2.82. The Morgan fingerprint density at radius 1 is 1.33 bits per heavy atom. The van der Waals surface area contributed by atoms with Gasteiger partial charge in [-0.25, -0.2) is 0 Å². The van der Waals surface area contributed by atoms with Crippen molar-refractivity contribution in [2.24, 2.45) is 0 Å². The van der Waals surface area contributed by atoms with E-state index >= 15 is 0 Å². The zero-order valence-corrected chi connectivity index (χ0v) is 8.67. The molecule has 0 radical (unpaired) electrons. The topological polar surface area (TPSA) is 46.2 Å². The highest BCUT2D eigenvalue weighted by atomic mass is 16.1. The van der Waals surface area contributed by atoms with Gasteiger partial charge in [0.15, 0.2) is 5.78 Å². The van der Waals surface area contributed by atoms with Gasteiger partial charge in [-0.3, -0.25) is 9.59 Å². The predicted octanol–water partition coefficient (Wildman–Crippen LogP) is 1.10. The first-order chi connectivity index (χ1) is 7.16. The molecule has 1 aromatic rings. The molecular formula is C12H13NO2. The first-order valence-electron chi connectivity index (χ1n) is 5.06. The summed E-state index contributed by atoms with van der Waals surface area (Å²) in [7, 11) is 0. The molecule has 0 unspecified atom stereocenters. The lowest BCUT2D eigenvalue weighted by molar-refractivity contribution is -0.120. The highest BCUT2D eigenvalue weighted by Crippen LogP contribution is 2.16. The zero-order valence-electron chi connectivity index (χ0n) is 8.67. The average Bonchev–Trinajstić information content (AvgIpc) is 2.37. The average molecular weight is 203 g/mol. The molecule has 78 valence electrons. The molecule has 0 aromatic heterocycles. The molecule has 1 amide bonds. The third-order valence-electron chi connectivity index (χ3n) is 2.68. The second kappa shape index (κ2) is 3.85. The lowest BCUT2D eigenvalue weighted by Crippen LogP contribution is -2.24. The normalized spacial score (nSPS) is 15.1. The van der Waals surface area contributed by atoms with Crippen molar-refractivity contribution >= 4 is 11.7 Å². The molecule has 1 aliphatic rings. The number of hydrogen-bond donors (Lipinski definition) is 1. The number of nitrogens with one attached hydrogen (secondary N) is 1. The number of fused-ring (bicyclic) bond motifs is 1. The van der Waals surface area contributed by atoms with Crippen LogP contribution < -0.4 is 5.32 Å². The van der Waals surface area contributed by atoms with Crippen LogP contribution >= 0.6 is 0 Å².